The fraction of sp³-hybridized carbons (Fsp3) is 0.294. The predicted octanol–water partition coefficient (Wildman–Crippen LogP) is 4.59. The second kappa shape index (κ2) is 4.85. The molecule has 1 heterocycles. The lowest BCUT2D eigenvalue weighted by atomic mass is 9.94. The van der Waals surface area contributed by atoms with Crippen molar-refractivity contribution >= 4 is 0 Å². The van der Waals surface area contributed by atoms with Gasteiger partial charge >= 0.3 is 0 Å². The van der Waals surface area contributed by atoms with E-state index >= 15 is 0 Å². The molecule has 3 rings (SSSR count). The molecule has 1 nitrogen and oxygen atoms in total. The van der Waals surface area contributed by atoms with Gasteiger partial charge in [-0.2, -0.15) is 0 Å². The van der Waals surface area contributed by atoms with Crippen LogP contribution in [0.5, 0.6) is 5.75 Å². The summed E-state index contributed by atoms with van der Waals surface area (Å²) >= 11 is 0. The van der Waals surface area contributed by atoms with Gasteiger partial charge in [0.25, 0.3) is 0 Å². The van der Waals surface area contributed by atoms with Crippen LogP contribution in [0.1, 0.15) is 30.9 Å². The lowest BCUT2D eigenvalue weighted by molar-refractivity contribution is 0.302. The van der Waals surface area contributed by atoms with Crippen LogP contribution in [-0.2, 0) is 13.0 Å². The van der Waals surface area contributed by atoms with Crippen LogP contribution in [0.3, 0.4) is 0 Å². The van der Waals surface area contributed by atoms with Gasteiger partial charge in [-0.25, -0.2) is 0 Å². The first-order valence-corrected chi connectivity index (χ1v) is 6.72. The fourth-order valence-corrected chi connectivity index (χ4v) is 2.54. The van der Waals surface area contributed by atoms with Crippen LogP contribution in [0, 0.1) is 0 Å². The lowest BCUT2D eigenvalue weighted by Gasteiger charge is -2.21. The van der Waals surface area contributed by atoms with E-state index in [-0.39, 0.29) is 0 Å². The Kier molecular flexibility index (Phi) is 3.06. The van der Waals surface area contributed by atoms with E-state index in [1.807, 2.05) is 12.1 Å². The molecule has 0 amide bonds. The Balaban J connectivity index is 1.98. The highest BCUT2D eigenvalue weighted by Gasteiger charge is 2.16. The zero-order chi connectivity index (χ0) is 12.4. The second-order valence-corrected chi connectivity index (χ2v) is 4.88. The van der Waals surface area contributed by atoms with Gasteiger partial charge in [0.1, 0.15) is 12.4 Å². The van der Waals surface area contributed by atoms with Gasteiger partial charge in [0, 0.05) is 5.56 Å². The van der Waals surface area contributed by atoms with Crippen molar-refractivity contribution in [1.82, 2.24) is 0 Å². The third-order valence-corrected chi connectivity index (χ3v) is 3.55. The Morgan fingerprint density at radius 1 is 1.06 bits per heavy atom. The number of aryl methyl sites for hydroxylation is 1. The van der Waals surface area contributed by atoms with E-state index in [0.29, 0.717) is 6.61 Å². The van der Waals surface area contributed by atoms with Crippen LogP contribution in [0.25, 0.3) is 11.1 Å². The van der Waals surface area contributed by atoms with Gasteiger partial charge in [-0.3, -0.25) is 0 Å². The zero-order valence-corrected chi connectivity index (χ0v) is 10.8. The van der Waals surface area contributed by atoms with Crippen molar-refractivity contribution in [3.05, 3.63) is 53.6 Å². The summed E-state index contributed by atoms with van der Waals surface area (Å²) in [5.41, 5.74) is 5.30. The minimum atomic E-state index is 0.701. The third-order valence-electron chi connectivity index (χ3n) is 3.55. The number of unbranched alkanes of at least 4 members (excludes halogenated alkanes) is 1. The van der Waals surface area contributed by atoms with Crippen LogP contribution in [0.15, 0.2) is 42.5 Å². The zero-order valence-electron chi connectivity index (χ0n) is 10.8. The van der Waals surface area contributed by atoms with Crippen LogP contribution in [0.4, 0.5) is 0 Å². The van der Waals surface area contributed by atoms with Gasteiger partial charge in [-0.1, -0.05) is 49.7 Å². The number of benzene rings is 2. The van der Waals surface area contributed by atoms with Crippen molar-refractivity contribution in [3.8, 4) is 16.9 Å². The standard InChI is InChI=1S/C17H18O/c1-2-3-6-13-9-10-15-14(11-13)12-18-17-8-5-4-7-16(15)17/h4-5,7-11H,2-3,6,12H2,1H3. The molecule has 0 fully saturated rings. The summed E-state index contributed by atoms with van der Waals surface area (Å²) in [6.45, 7) is 2.93. The van der Waals surface area contributed by atoms with Crippen molar-refractivity contribution < 1.29 is 4.74 Å². The summed E-state index contributed by atoms with van der Waals surface area (Å²) in [4.78, 5) is 0. The maximum absolute atomic E-state index is 5.81. The molecule has 92 valence electrons. The molecule has 0 saturated heterocycles. The highest BCUT2D eigenvalue weighted by molar-refractivity contribution is 5.75. The minimum absolute atomic E-state index is 0.701. The molecule has 1 heteroatoms. The van der Waals surface area contributed by atoms with Gasteiger partial charge in [-0.05, 0) is 35.6 Å². The van der Waals surface area contributed by atoms with Crippen molar-refractivity contribution in [1.29, 1.82) is 0 Å². The van der Waals surface area contributed by atoms with E-state index in [1.165, 1.54) is 41.5 Å². The van der Waals surface area contributed by atoms with E-state index in [0.717, 1.165) is 5.75 Å². The highest BCUT2D eigenvalue weighted by atomic mass is 16.5. The Morgan fingerprint density at radius 2 is 1.94 bits per heavy atom. The molecule has 18 heavy (non-hydrogen) atoms. The topological polar surface area (TPSA) is 9.23 Å². The van der Waals surface area contributed by atoms with Crippen LogP contribution >= 0.6 is 0 Å². The number of hydrogen-bond acceptors (Lipinski definition) is 1. The van der Waals surface area contributed by atoms with E-state index in [1.54, 1.807) is 0 Å². The number of rotatable bonds is 3. The molecular formula is C17H18O. The molecule has 2 aromatic carbocycles. The lowest BCUT2D eigenvalue weighted by Crippen LogP contribution is -2.05. The van der Waals surface area contributed by atoms with Gasteiger partial charge in [-0.15, -0.1) is 0 Å². The summed E-state index contributed by atoms with van der Waals surface area (Å²) in [7, 11) is 0. The van der Waals surface area contributed by atoms with E-state index in [2.05, 4.69) is 37.3 Å². The first-order valence-electron chi connectivity index (χ1n) is 6.72. The summed E-state index contributed by atoms with van der Waals surface area (Å²) in [6, 6.07) is 15.1. The molecule has 0 N–H and O–H groups in total. The smallest absolute Gasteiger partial charge is 0.127 e. The van der Waals surface area contributed by atoms with Crippen molar-refractivity contribution in [2.24, 2.45) is 0 Å². The quantitative estimate of drug-likeness (QED) is 0.760. The first kappa shape index (κ1) is 11.3. The minimum Gasteiger partial charge on any atom is -0.488 e. The van der Waals surface area contributed by atoms with E-state index in [9.17, 15) is 0 Å². The maximum Gasteiger partial charge on any atom is 0.127 e. The maximum atomic E-state index is 5.81. The van der Waals surface area contributed by atoms with E-state index in [4.69, 9.17) is 4.74 Å². The molecule has 0 unspecified atom stereocenters. The van der Waals surface area contributed by atoms with Crippen LogP contribution < -0.4 is 4.74 Å². The predicted molar refractivity (Wildman–Crippen MR) is 74.8 cm³/mol. The Morgan fingerprint density at radius 3 is 2.83 bits per heavy atom. The molecule has 0 aliphatic carbocycles. The molecule has 1 aliphatic rings. The van der Waals surface area contributed by atoms with Gasteiger partial charge in [0.2, 0.25) is 0 Å². The van der Waals surface area contributed by atoms with Gasteiger partial charge in [0.05, 0.1) is 0 Å². The Hall–Kier alpha value is -1.76. The SMILES string of the molecule is CCCCc1ccc2c(c1)COc1ccccc1-2. The van der Waals surface area contributed by atoms with Gasteiger partial charge in [0.15, 0.2) is 0 Å². The van der Waals surface area contributed by atoms with Crippen LogP contribution in [-0.4, -0.2) is 0 Å². The molecule has 1 aliphatic heterocycles. The molecule has 0 atom stereocenters. The number of fused-ring (bicyclic) bond motifs is 3. The summed E-state index contributed by atoms with van der Waals surface area (Å²) in [5, 5.41) is 0. The largest absolute Gasteiger partial charge is 0.488 e. The average molecular weight is 238 g/mol. The van der Waals surface area contributed by atoms with Crippen LogP contribution in [0.2, 0.25) is 0 Å². The number of ether oxygens (including phenoxy) is 1. The molecule has 0 saturated carbocycles. The summed E-state index contributed by atoms with van der Waals surface area (Å²) in [6.07, 6.45) is 3.68. The second-order valence-electron chi connectivity index (χ2n) is 4.88. The molecule has 2 aromatic rings. The molecular weight excluding hydrogens is 220 g/mol. The molecule has 0 radical (unpaired) electrons. The van der Waals surface area contributed by atoms with Crippen molar-refractivity contribution in [2.45, 2.75) is 32.8 Å². The molecule has 0 bridgehead atoms. The molecule has 0 spiro atoms. The Labute approximate surface area is 108 Å². The fourth-order valence-electron chi connectivity index (χ4n) is 2.54. The average Bonchev–Trinajstić information content (AvgIpc) is 2.44. The highest BCUT2D eigenvalue weighted by Crippen LogP contribution is 2.37. The normalized spacial score (nSPS) is 12.5. The van der Waals surface area contributed by atoms with Gasteiger partial charge < -0.3 is 4.74 Å². The summed E-state index contributed by atoms with van der Waals surface area (Å²) in [5.74, 6) is 1.01. The van der Waals surface area contributed by atoms with E-state index < -0.39 is 0 Å². The number of para-hydroxylation sites is 1. The molecule has 0 aromatic heterocycles. The first-order chi connectivity index (χ1) is 8.88. The monoisotopic (exact) mass is 238 g/mol. The summed E-state index contributed by atoms with van der Waals surface area (Å²) < 4.78 is 5.81. The Bertz CT molecular complexity index is 557. The number of hydrogen-bond donors (Lipinski definition) is 0. The van der Waals surface area contributed by atoms with Crippen molar-refractivity contribution in [3.63, 3.8) is 0 Å². The van der Waals surface area contributed by atoms with Crippen molar-refractivity contribution in [2.75, 3.05) is 0 Å². The third kappa shape index (κ3) is 2.01.